The number of hydrogen-bond donors (Lipinski definition) is 2. The molecule has 4 aromatic carbocycles. The van der Waals surface area contributed by atoms with Gasteiger partial charge < -0.3 is 10.6 Å². The molecular formula is C35H36N4O4. The SMILES string of the molecule is Cc1ccc2c3c(ccc(C)c13)C(=O)N(CCNCCCNCCN1C(=O)c3ccc(C)c4c(C)ccc(c34)C1=O)C2=O. The molecule has 6 rings (SSSR count). The third-order valence-electron chi connectivity index (χ3n) is 8.79. The second kappa shape index (κ2) is 11.4. The van der Waals surface area contributed by atoms with Crippen LogP contribution < -0.4 is 10.6 Å². The molecule has 0 saturated carbocycles. The van der Waals surface area contributed by atoms with Crippen LogP contribution in [0, 0.1) is 27.7 Å². The number of nitrogens with zero attached hydrogens (tertiary/aromatic N) is 2. The third kappa shape index (κ3) is 4.80. The molecule has 0 aliphatic carbocycles. The molecular weight excluding hydrogens is 540 g/mol. The highest BCUT2D eigenvalue weighted by atomic mass is 16.2. The average molecular weight is 577 g/mol. The van der Waals surface area contributed by atoms with Gasteiger partial charge in [-0.25, -0.2) is 0 Å². The summed E-state index contributed by atoms with van der Waals surface area (Å²) >= 11 is 0. The Balaban J connectivity index is 0.963. The minimum absolute atomic E-state index is 0.248. The van der Waals surface area contributed by atoms with Gasteiger partial charge in [0, 0.05) is 59.2 Å². The van der Waals surface area contributed by atoms with E-state index in [-0.39, 0.29) is 23.6 Å². The lowest BCUT2D eigenvalue weighted by Crippen LogP contribution is -2.44. The highest BCUT2D eigenvalue weighted by Crippen LogP contribution is 2.35. The zero-order valence-corrected chi connectivity index (χ0v) is 25.1. The molecule has 4 amide bonds. The number of hydrogen-bond acceptors (Lipinski definition) is 6. The lowest BCUT2D eigenvalue weighted by molar-refractivity contribution is 0.0597. The zero-order chi connectivity index (χ0) is 30.4. The van der Waals surface area contributed by atoms with Crippen LogP contribution in [-0.2, 0) is 0 Å². The molecule has 2 N–H and O–H groups in total. The molecule has 2 heterocycles. The van der Waals surface area contributed by atoms with Crippen molar-refractivity contribution in [1.29, 1.82) is 0 Å². The summed E-state index contributed by atoms with van der Waals surface area (Å²) in [6, 6.07) is 15.1. The fourth-order valence-corrected chi connectivity index (χ4v) is 6.59. The summed E-state index contributed by atoms with van der Waals surface area (Å²) in [5, 5.41) is 10.2. The van der Waals surface area contributed by atoms with Gasteiger partial charge in [0.1, 0.15) is 0 Å². The first-order chi connectivity index (χ1) is 20.7. The van der Waals surface area contributed by atoms with E-state index >= 15 is 0 Å². The number of imide groups is 2. The fraction of sp³-hybridized carbons (Fsp3) is 0.314. The van der Waals surface area contributed by atoms with E-state index in [1.165, 1.54) is 9.80 Å². The molecule has 0 saturated heterocycles. The Kier molecular flexibility index (Phi) is 7.58. The molecule has 0 unspecified atom stereocenters. The Morgan fingerprint density at radius 3 is 1.05 bits per heavy atom. The van der Waals surface area contributed by atoms with Gasteiger partial charge in [0.25, 0.3) is 23.6 Å². The number of carbonyl (C=O) groups excluding carboxylic acids is 4. The second-order valence-electron chi connectivity index (χ2n) is 11.6. The van der Waals surface area contributed by atoms with Gasteiger partial charge >= 0.3 is 0 Å². The zero-order valence-electron chi connectivity index (χ0n) is 25.1. The summed E-state index contributed by atoms with van der Waals surface area (Å²) < 4.78 is 0. The Morgan fingerprint density at radius 1 is 0.442 bits per heavy atom. The molecule has 0 radical (unpaired) electrons. The van der Waals surface area contributed by atoms with E-state index in [0.717, 1.165) is 50.2 Å². The van der Waals surface area contributed by atoms with Crippen molar-refractivity contribution in [2.75, 3.05) is 39.3 Å². The number of rotatable bonds is 10. The number of carbonyl (C=O) groups is 4. The van der Waals surface area contributed by atoms with Crippen LogP contribution in [0.3, 0.4) is 0 Å². The summed E-state index contributed by atoms with van der Waals surface area (Å²) in [6.45, 7) is 11.0. The normalized spacial score (nSPS) is 14.5. The van der Waals surface area contributed by atoms with Crippen LogP contribution in [0.2, 0.25) is 0 Å². The summed E-state index contributed by atoms with van der Waals surface area (Å²) in [6.07, 6.45) is 0.811. The minimum atomic E-state index is -0.248. The molecule has 8 heteroatoms. The van der Waals surface area contributed by atoms with Crippen LogP contribution in [0.25, 0.3) is 21.5 Å². The largest absolute Gasteiger partial charge is 0.315 e. The lowest BCUT2D eigenvalue weighted by atomic mass is 9.89. The van der Waals surface area contributed by atoms with E-state index < -0.39 is 0 Å². The molecule has 0 spiro atoms. The summed E-state index contributed by atoms with van der Waals surface area (Å²) in [7, 11) is 0. The first-order valence-corrected chi connectivity index (χ1v) is 14.9. The first kappa shape index (κ1) is 28.7. The average Bonchev–Trinajstić information content (AvgIpc) is 2.98. The molecule has 0 fully saturated rings. The van der Waals surface area contributed by atoms with E-state index in [9.17, 15) is 19.2 Å². The molecule has 43 heavy (non-hydrogen) atoms. The summed E-state index contributed by atoms with van der Waals surface area (Å²) in [4.78, 5) is 55.5. The van der Waals surface area contributed by atoms with Gasteiger partial charge in [-0.1, -0.05) is 24.3 Å². The number of nitrogens with one attached hydrogen (secondary N) is 2. The number of amides is 4. The maximum absolute atomic E-state index is 13.2. The Morgan fingerprint density at radius 2 is 0.744 bits per heavy atom. The van der Waals surface area contributed by atoms with Crippen LogP contribution in [-0.4, -0.2) is 72.7 Å². The predicted octanol–water partition coefficient (Wildman–Crippen LogP) is 4.69. The van der Waals surface area contributed by atoms with Crippen LogP contribution in [0.15, 0.2) is 48.5 Å². The van der Waals surface area contributed by atoms with E-state index in [4.69, 9.17) is 0 Å². The Labute approximate surface area is 251 Å². The summed E-state index contributed by atoms with van der Waals surface area (Å²) in [5.74, 6) is -0.991. The highest BCUT2D eigenvalue weighted by molar-refractivity contribution is 6.27. The van der Waals surface area contributed by atoms with Gasteiger partial charge in [0.15, 0.2) is 0 Å². The smallest absolute Gasteiger partial charge is 0.261 e. The lowest BCUT2D eigenvalue weighted by Gasteiger charge is -2.28. The number of benzene rings is 4. The Hall–Kier alpha value is -4.40. The molecule has 2 aliphatic heterocycles. The van der Waals surface area contributed by atoms with Crippen molar-refractivity contribution in [3.63, 3.8) is 0 Å². The summed E-state index contributed by atoms with van der Waals surface area (Å²) in [5.41, 5.74) is 6.57. The monoisotopic (exact) mass is 576 g/mol. The topological polar surface area (TPSA) is 98.8 Å². The van der Waals surface area contributed by atoms with Crippen molar-refractivity contribution >= 4 is 45.2 Å². The molecule has 2 aliphatic rings. The van der Waals surface area contributed by atoms with Gasteiger partial charge in [-0.2, -0.15) is 0 Å². The standard InChI is InChI=1S/C35H36N4O4/c1-20-6-10-24-30-25(11-7-21(2)28(20)30)33(41)38(32(24)40)18-16-36-14-5-15-37-17-19-39-34(42)26-12-8-22(3)29-23(4)9-13-27(31(26)29)35(39)43/h6-13,36-37H,5,14-19H2,1-4H3. The van der Waals surface area contributed by atoms with Crippen molar-refractivity contribution in [1.82, 2.24) is 20.4 Å². The van der Waals surface area contributed by atoms with Gasteiger partial charge in [0.05, 0.1) is 0 Å². The molecule has 0 aromatic heterocycles. The van der Waals surface area contributed by atoms with E-state index in [1.54, 1.807) is 0 Å². The van der Waals surface area contributed by atoms with Crippen LogP contribution >= 0.6 is 0 Å². The predicted molar refractivity (Wildman–Crippen MR) is 168 cm³/mol. The van der Waals surface area contributed by atoms with Crippen LogP contribution in [0.4, 0.5) is 0 Å². The molecule has 8 nitrogen and oxygen atoms in total. The van der Waals surface area contributed by atoms with Gasteiger partial charge in [-0.3, -0.25) is 29.0 Å². The Bertz CT molecular complexity index is 1600. The van der Waals surface area contributed by atoms with Gasteiger partial charge in [0.2, 0.25) is 0 Å². The third-order valence-corrected chi connectivity index (χ3v) is 8.79. The van der Waals surface area contributed by atoms with Crippen LogP contribution in [0.1, 0.15) is 70.1 Å². The van der Waals surface area contributed by atoms with Crippen molar-refractivity contribution < 1.29 is 19.2 Å². The van der Waals surface area contributed by atoms with Crippen molar-refractivity contribution in [3.8, 4) is 0 Å². The molecule has 0 bridgehead atoms. The van der Waals surface area contributed by atoms with Gasteiger partial charge in [-0.15, -0.1) is 0 Å². The quantitative estimate of drug-likeness (QED) is 0.210. The van der Waals surface area contributed by atoms with E-state index in [0.29, 0.717) is 61.5 Å². The molecule has 4 aromatic rings. The fourth-order valence-electron chi connectivity index (χ4n) is 6.59. The van der Waals surface area contributed by atoms with Gasteiger partial charge in [-0.05, 0) is 104 Å². The second-order valence-corrected chi connectivity index (χ2v) is 11.6. The molecule has 0 atom stereocenters. The first-order valence-electron chi connectivity index (χ1n) is 14.9. The molecule has 220 valence electrons. The minimum Gasteiger partial charge on any atom is -0.315 e. The number of aryl methyl sites for hydroxylation is 4. The highest BCUT2D eigenvalue weighted by Gasteiger charge is 2.34. The van der Waals surface area contributed by atoms with Crippen LogP contribution in [0.5, 0.6) is 0 Å². The van der Waals surface area contributed by atoms with Crippen molar-refractivity contribution in [2.24, 2.45) is 0 Å². The van der Waals surface area contributed by atoms with E-state index in [2.05, 4.69) is 10.6 Å². The maximum atomic E-state index is 13.2. The maximum Gasteiger partial charge on any atom is 0.261 e. The van der Waals surface area contributed by atoms with Crippen molar-refractivity contribution in [3.05, 3.63) is 93.0 Å². The van der Waals surface area contributed by atoms with Crippen molar-refractivity contribution in [2.45, 2.75) is 34.1 Å². The van der Waals surface area contributed by atoms with E-state index in [1.807, 2.05) is 76.2 Å².